The smallest absolute Gasteiger partial charge is 0.245 e. The number of nitrogens with zero attached hydrogens (tertiary/aromatic N) is 2. The molecule has 7 nitrogen and oxygen atoms in total. The van der Waals surface area contributed by atoms with Crippen molar-refractivity contribution in [3.8, 4) is 16.3 Å². The number of nitrogens with one attached hydrogen (secondary N) is 1. The number of benzene rings is 1. The van der Waals surface area contributed by atoms with Crippen molar-refractivity contribution in [2.24, 2.45) is 0 Å². The number of hydrogen-bond acceptors (Lipinski definition) is 7. The average Bonchev–Trinajstić information content (AvgIpc) is 3.21. The zero-order valence-electron chi connectivity index (χ0n) is 14.6. The molecule has 0 bridgehead atoms. The van der Waals surface area contributed by atoms with Crippen molar-refractivity contribution in [2.45, 2.75) is 25.2 Å². The normalized spacial score (nSPS) is 11.7. The molecular weight excluding hydrogens is 374 g/mol. The molecule has 3 aromatic rings. The molecule has 0 unspecified atom stereocenters. The van der Waals surface area contributed by atoms with Crippen molar-refractivity contribution in [2.75, 3.05) is 13.7 Å². The van der Waals surface area contributed by atoms with Gasteiger partial charge >= 0.3 is 0 Å². The lowest BCUT2D eigenvalue weighted by Crippen LogP contribution is -2.26. The summed E-state index contributed by atoms with van der Waals surface area (Å²) in [5.74, 6) is 1.05. The Balaban J connectivity index is 1.65. The second kappa shape index (κ2) is 7.56. The number of sulfonamides is 1. The van der Waals surface area contributed by atoms with Gasteiger partial charge in [-0.05, 0) is 26.0 Å². The third-order valence-corrected chi connectivity index (χ3v) is 6.42. The van der Waals surface area contributed by atoms with Gasteiger partial charge in [-0.2, -0.15) is 0 Å². The molecule has 1 N–H and O–H groups in total. The maximum absolute atomic E-state index is 12.4. The highest BCUT2D eigenvalue weighted by Gasteiger charge is 2.23. The van der Waals surface area contributed by atoms with Gasteiger partial charge in [0.15, 0.2) is 5.76 Å². The van der Waals surface area contributed by atoms with Gasteiger partial charge in [0.1, 0.15) is 21.3 Å². The lowest BCUT2D eigenvalue weighted by Gasteiger charge is -2.05. The number of aryl methyl sites for hydroxylation is 2. The van der Waals surface area contributed by atoms with Gasteiger partial charge in [-0.3, -0.25) is 0 Å². The van der Waals surface area contributed by atoms with Crippen molar-refractivity contribution in [1.29, 1.82) is 0 Å². The van der Waals surface area contributed by atoms with Crippen molar-refractivity contribution in [1.82, 2.24) is 14.9 Å². The maximum atomic E-state index is 12.4. The third-order valence-electron chi connectivity index (χ3n) is 3.78. The van der Waals surface area contributed by atoms with Gasteiger partial charge in [0.05, 0.1) is 12.8 Å². The molecule has 0 atom stereocenters. The Kier molecular flexibility index (Phi) is 5.40. The summed E-state index contributed by atoms with van der Waals surface area (Å²) in [6, 6.07) is 7.67. The zero-order valence-corrected chi connectivity index (χ0v) is 16.3. The zero-order chi connectivity index (χ0) is 18.7. The molecule has 0 aliphatic rings. The average molecular weight is 393 g/mol. The molecule has 26 heavy (non-hydrogen) atoms. The first-order valence-corrected chi connectivity index (χ1v) is 10.3. The van der Waals surface area contributed by atoms with Crippen LogP contribution in [0.1, 0.15) is 17.1 Å². The van der Waals surface area contributed by atoms with Crippen LogP contribution in [0, 0.1) is 13.8 Å². The minimum absolute atomic E-state index is 0.104. The highest BCUT2D eigenvalue weighted by atomic mass is 32.2. The SMILES string of the molecule is COc1cccc(-c2nc(CCNS(=O)(=O)c3c(C)noc3C)cs2)c1. The molecule has 1 aromatic carbocycles. The van der Waals surface area contributed by atoms with Gasteiger partial charge in [-0.25, -0.2) is 18.1 Å². The lowest BCUT2D eigenvalue weighted by molar-refractivity contribution is 0.390. The number of hydrogen-bond donors (Lipinski definition) is 1. The van der Waals surface area contributed by atoms with Crippen LogP contribution in [0.15, 0.2) is 39.1 Å². The van der Waals surface area contributed by atoms with Crippen molar-refractivity contribution < 1.29 is 17.7 Å². The Morgan fingerprint density at radius 2 is 2.12 bits per heavy atom. The van der Waals surface area contributed by atoms with E-state index in [0.29, 0.717) is 12.1 Å². The first kappa shape index (κ1) is 18.6. The number of rotatable bonds is 7. The van der Waals surface area contributed by atoms with E-state index in [9.17, 15) is 8.42 Å². The minimum Gasteiger partial charge on any atom is -0.497 e. The van der Waals surface area contributed by atoms with Crippen LogP contribution in [0.3, 0.4) is 0 Å². The fourth-order valence-corrected chi connectivity index (χ4v) is 4.76. The van der Waals surface area contributed by atoms with Crippen molar-refractivity contribution in [3.05, 3.63) is 46.8 Å². The third kappa shape index (κ3) is 3.95. The first-order chi connectivity index (χ1) is 12.4. The summed E-state index contributed by atoms with van der Waals surface area (Å²) < 4.78 is 37.5. The standard InChI is InChI=1S/C17H19N3O4S2/c1-11-16(12(2)24-20-11)26(21,22)18-8-7-14-10-25-17(19-14)13-5-4-6-15(9-13)23-3/h4-6,9-10,18H,7-8H2,1-3H3. The lowest BCUT2D eigenvalue weighted by atomic mass is 10.2. The first-order valence-electron chi connectivity index (χ1n) is 7.92. The second-order valence-corrected chi connectivity index (χ2v) is 8.24. The Bertz CT molecular complexity index is 989. The van der Waals surface area contributed by atoms with Crippen LogP contribution in [0.2, 0.25) is 0 Å². The van der Waals surface area contributed by atoms with Crippen LogP contribution < -0.4 is 9.46 Å². The fourth-order valence-electron chi connectivity index (χ4n) is 2.55. The molecule has 0 radical (unpaired) electrons. The van der Waals surface area contributed by atoms with Crippen molar-refractivity contribution in [3.63, 3.8) is 0 Å². The van der Waals surface area contributed by atoms with Crippen LogP contribution in [0.25, 0.3) is 10.6 Å². The van der Waals surface area contributed by atoms with Crippen LogP contribution in [0.4, 0.5) is 0 Å². The monoisotopic (exact) mass is 393 g/mol. The largest absolute Gasteiger partial charge is 0.497 e. The van der Waals surface area contributed by atoms with E-state index in [4.69, 9.17) is 9.26 Å². The molecule has 0 saturated carbocycles. The van der Waals surface area contributed by atoms with Gasteiger partial charge in [0.2, 0.25) is 10.0 Å². The summed E-state index contributed by atoms with van der Waals surface area (Å²) >= 11 is 1.51. The molecule has 0 saturated heterocycles. The van der Waals surface area contributed by atoms with Crippen LogP contribution >= 0.6 is 11.3 Å². The van der Waals surface area contributed by atoms with E-state index < -0.39 is 10.0 Å². The second-order valence-electron chi connectivity index (χ2n) is 5.68. The molecule has 0 spiro atoms. The van der Waals surface area contributed by atoms with E-state index in [1.807, 2.05) is 29.6 Å². The van der Waals surface area contributed by atoms with Gasteiger partial charge in [-0.15, -0.1) is 11.3 Å². The van der Waals surface area contributed by atoms with E-state index in [0.717, 1.165) is 22.0 Å². The summed E-state index contributed by atoms with van der Waals surface area (Å²) in [5.41, 5.74) is 2.15. The van der Waals surface area contributed by atoms with Gasteiger partial charge in [0.25, 0.3) is 0 Å². The maximum Gasteiger partial charge on any atom is 0.245 e. The highest BCUT2D eigenvalue weighted by molar-refractivity contribution is 7.89. The van der Waals surface area contributed by atoms with E-state index in [-0.39, 0.29) is 17.2 Å². The Morgan fingerprint density at radius 3 is 2.81 bits per heavy atom. The number of thiazole rings is 1. The van der Waals surface area contributed by atoms with Gasteiger partial charge < -0.3 is 9.26 Å². The number of ether oxygens (including phenoxy) is 1. The summed E-state index contributed by atoms with van der Waals surface area (Å²) in [7, 11) is -2.03. The quantitative estimate of drug-likeness (QED) is 0.663. The van der Waals surface area contributed by atoms with E-state index in [1.165, 1.54) is 11.3 Å². The number of aromatic nitrogens is 2. The molecular formula is C17H19N3O4S2. The molecule has 2 heterocycles. The Morgan fingerprint density at radius 1 is 1.31 bits per heavy atom. The molecule has 138 valence electrons. The topological polar surface area (TPSA) is 94.3 Å². The predicted octanol–water partition coefficient (Wildman–Crippen LogP) is 2.94. The van der Waals surface area contributed by atoms with Crippen LogP contribution in [-0.2, 0) is 16.4 Å². The fraction of sp³-hybridized carbons (Fsp3) is 0.294. The van der Waals surface area contributed by atoms with E-state index >= 15 is 0 Å². The van der Waals surface area contributed by atoms with Gasteiger partial charge in [0, 0.05) is 23.9 Å². The summed E-state index contributed by atoms with van der Waals surface area (Å²) in [5, 5.41) is 6.48. The van der Waals surface area contributed by atoms with E-state index in [1.54, 1.807) is 21.0 Å². The molecule has 0 fully saturated rings. The summed E-state index contributed by atoms with van der Waals surface area (Å²) in [6.07, 6.45) is 0.489. The molecule has 0 aliphatic heterocycles. The van der Waals surface area contributed by atoms with Crippen LogP contribution in [0.5, 0.6) is 5.75 Å². The molecule has 0 aliphatic carbocycles. The molecule has 3 rings (SSSR count). The minimum atomic E-state index is -3.65. The predicted molar refractivity (Wildman–Crippen MR) is 99.0 cm³/mol. The Labute approximate surface area is 156 Å². The number of methoxy groups -OCH3 is 1. The molecule has 2 aromatic heterocycles. The molecule has 0 amide bonds. The summed E-state index contributed by atoms with van der Waals surface area (Å²) in [4.78, 5) is 4.68. The van der Waals surface area contributed by atoms with Gasteiger partial charge in [-0.1, -0.05) is 17.3 Å². The highest BCUT2D eigenvalue weighted by Crippen LogP contribution is 2.27. The van der Waals surface area contributed by atoms with Crippen molar-refractivity contribution >= 4 is 21.4 Å². The summed E-state index contributed by atoms with van der Waals surface area (Å²) in [6.45, 7) is 3.43. The van der Waals surface area contributed by atoms with E-state index in [2.05, 4.69) is 14.9 Å². The van der Waals surface area contributed by atoms with Crippen LogP contribution in [-0.4, -0.2) is 32.2 Å². The molecule has 9 heteroatoms. The Hall–Kier alpha value is -2.23.